The first kappa shape index (κ1) is 25.2. The average Bonchev–Trinajstić information content (AvgIpc) is 3.30. The third kappa shape index (κ3) is 5.35. The molecule has 0 aliphatic carbocycles. The summed E-state index contributed by atoms with van der Waals surface area (Å²) >= 11 is 3.39. The number of nitrogens with one attached hydrogen (secondary N) is 1. The van der Waals surface area contributed by atoms with Gasteiger partial charge in [-0.3, -0.25) is 19.5 Å². The minimum atomic E-state index is -1.23. The summed E-state index contributed by atoms with van der Waals surface area (Å²) in [6, 6.07) is 2.67. The standard InChI is InChI=1S/C21H17N7O5S3/c1-2-7-33-26-13(16-25-21(22)36-27-16)17(29)24-14-18(30)28-15(20(31)32)12(10-35-19(14)28)34-8-5-11-4-3-6-23-9-11/h1,3-6,8-9,14,19H,7,10H2,(H,24,29)(H,31,32)(H2,22,25,27)/b8-5-,26-13-/t14?,19-/m1/s1. The van der Waals surface area contributed by atoms with Crippen LogP contribution in [0.4, 0.5) is 5.13 Å². The molecule has 2 amide bonds. The van der Waals surface area contributed by atoms with Crippen LogP contribution in [0.15, 0.2) is 45.7 Å². The first-order valence-electron chi connectivity index (χ1n) is 10.1. The van der Waals surface area contributed by atoms with Crippen LogP contribution in [0.25, 0.3) is 6.08 Å². The number of carbonyl (C=O) groups is 3. The van der Waals surface area contributed by atoms with Crippen molar-refractivity contribution in [3.8, 4) is 12.3 Å². The zero-order valence-electron chi connectivity index (χ0n) is 18.2. The Hall–Kier alpha value is -3.87. The number of hydrogen-bond donors (Lipinski definition) is 3. The van der Waals surface area contributed by atoms with Crippen LogP contribution in [0.5, 0.6) is 0 Å². The average molecular weight is 544 g/mol. The van der Waals surface area contributed by atoms with Crippen LogP contribution in [0.3, 0.4) is 0 Å². The zero-order chi connectivity index (χ0) is 25.7. The monoisotopic (exact) mass is 543 g/mol. The highest BCUT2D eigenvalue weighted by Crippen LogP contribution is 2.43. The van der Waals surface area contributed by atoms with Crippen LogP contribution in [-0.2, 0) is 19.2 Å². The highest BCUT2D eigenvalue weighted by atomic mass is 32.2. The molecule has 36 heavy (non-hydrogen) atoms. The molecule has 15 heteroatoms. The fourth-order valence-corrected chi connectivity index (χ4v) is 6.00. The predicted octanol–water partition coefficient (Wildman–Crippen LogP) is 0.969. The molecule has 4 rings (SSSR count). The second-order valence-corrected chi connectivity index (χ2v) is 9.91. The number of nitrogens with two attached hydrogens (primary N) is 1. The Labute approximate surface area is 217 Å². The Bertz CT molecular complexity index is 1320. The number of carboxylic acids is 1. The number of oxime groups is 1. The number of β-lactam (4-membered cyclic amide) rings is 1. The van der Waals surface area contributed by atoms with Crippen LogP contribution in [0.2, 0.25) is 0 Å². The molecule has 0 spiro atoms. The van der Waals surface area contributed by atoms with Crippen molar-refractivity contribution in [2.24, 2.45) is 5.16 Å². The molecule has 12 nitrogen and oxygen atoms in total. The largest absolute Gasteiger partial charge is 0.477 e. The molecule has 4 N–H and O–H groups in total. The number of aliphatic carboxylic acids is 1. The van der Waals surface area contributed by atoms with Gasteiger partial charge in [0.1, 0.15) is 17.1 Å². The van der Waals surface area contributed by atoms with Gasteiger partial charge in [0.15, 0.2) is 11.7 Å². The number of carbonyl (C=O) groups excluding carboxylic acids is 2. The first-order valence-corrected chi connectivity index (χ1v) is 12.8. The Balaban J connectivity index is 1.49. The van der Waals surface area contributed by atoms with Gasteiger partial charge in [-0.2, -0.15) is 9.36 Å². The van der Waals surface area contributed by atoms with Crippen molar-refractivity contribution in [1.82, 2.24) is 24.6 Å². The summed E-state index contributed by atoms with van der Waals surface area (Å²) in [7, 11) is 0. The van der Waals surface area contributed by atoms with E-state index in [9.17, 15) is 19.5 Å². The number of hydrogen-bond acceptors (Lipinski definition) is 12. The molecule has 2 aromatic rings. The Kier molecular flexibility index (Phi) is 7.88. The Morgan fingerprint density at radius 3 is 3.00 bits per heavy atom. The minimum Gasteiger partial charge on any atom is -0.477 e. The van der Waals surface area contributed by atoms with Crippen molar-refractivity contribution in [1.29, 1.82) is 0 Å². The lowest BCUT2D eigenvalue weighted by molar-refractivity contribution is -0.150. The molecule has 2 aromatic heterocycles. The summed E-state index contributed by atoms with van der Waals surface area (Å²) in [5, 5.41) is 17.3. The molecule has 1 unspecified atom stereocenters. The highest BCUT2D eigenvalue weighted by molar-refractivity contribution is 8.08. The number of pyridine rings is 1. The summed E-state index contributed by atoms with van der Waals surface area (Å²) in [5.74, 6) is -0.130. The molecule has 2 atom stereocenters. The molecule has 1 fully saturated rings. The van der Waals surface area contributed by atoms with E-state index in [0.29, 0.717) is 10.7 Å². The number of thioether (sulfide) groups is 2. The van der Waals surface area contributed by atoms with Crippen molar-refractivity contribution >= 4 is 69.8 Å². The van der Waals surface area contributed by atoms with Gasteiger partial charge < -0.3 is 21.0 Å². The Morgan fingerprint density at radius 2 is 2.33 bits per heavy atom. The fraction of sp³-hybridized carbons (Fsp3) is 0.190. The van der Waals surface area contributed by atoms with E-state index in [1.165, 1.54) is 28.4 Å². The molecule has 4 heterocycles. The maximum Gasteiger partial charge on any atom is 0.353 e. The molecule has 184 valence electrons. The lowest BCUT2D eigenvalue weighted by Gasteiger charge is -2.49. The van der Waals surface area contributed by atoms with E-state index < -0.39 is 29.2 Å². The van der Waals surface area contributed by atoms with E-state index in [1.54, 1.807) is 29.9 Å². The van der Waals surface area contributed by atoms with Gasteiger partial charge in [-0.1, -0.05) is 28.9 Å². The topological polar surface area (TPSA) is 173 Å². The summed E-state index contributed by atoms with van der Waals surface area (Å²) < 4.78 is 3.95. The van der Waals surface area contributed by atoms with E-state index in [-0.39, 0.29) is 29.0 Å². The van der Waals surface area contributed by atoms with Crippen LogP contribution in [-0.4, -0.2) is 71.6 Å². The van der Waals surface area contributed by atoms with Gasteiger partial charge in [0.2, 0.25) is 11.5 Å². The predicted molar refractivity (Wildman–Crippen MR) is 136 cm³/mol. The maximum atomic E-state index is 12.9. The summed E-state index contributed by atoms with van der Waals surface area (Å²) in [6.45, 7) is -0.201. The van der Waals surface area contributed by atoms with E-state index in [1.807, 2.05) is 6.07 Å². The number of aromatic nitrogens is 3. The second-order valence-electron chi connectivity index (χ2n) is 7.02. The third-order valence-electron chi connectivity index (χ3n) is 4.75. The van der Waals surface area contributed by atoms with Crippen molar-refractivity contribution in [2.75, 3.05) is 18.1 Å². The van der Waals surface area contributed by atoms with Gasteiger partial charge in [0.05, 0.1) is 0 Å². The molecule has 2 aliphatic rings. The van der Waals surface area contributed by atoms with E-state index in [2.05, 4.69) is 30.7 Å². The minimum absolute atomic E-state index is 0.0860. The molecule has 0 bridgehead atoms. The molecule has 1 saturated heterocycles. The smallest absolute Gasteiger partial charge is 0.353 e. The third-order valence-corrected chi connectivity index (χ3v) is 7.65. The molecule has 0 saturated carbocycles. The van der Waals surface area contributed by atoms with Crippen LogP contribution in [0, 0.1) is 12.3 Å². The number of fused-ring (bicyclic) bond motifs is 1. The number of amides is 2. The number of carboxylic acid groups (broad SMARTS) is 1. The number of nitrogens with zero attached hydrogens (tertiary/aromatic N) is 5. The fourth-order valence-electron chi connectivity index (χ4n) is 3.21. The van der Waals surface area contributed by atoms with Crippen molar-refractivity contribution in [2.45, 2.75) is 11.4 Å². The number of anilines is 1. The molecule has 2 aliphatic heterocycles. The van der Waals surface area contributed by atoms with E-state index in [4.69, 9.17) is 17.0 Å². The zero-order valence-corrected chi connectivity index (χ0v) is 20.7. The SMILES string of the molecule is C#CCO/N=C(\C(=O)NC1C(=O)N2C(C(=O)O)=C(S/C=C\c3cccnc3)CS[C@H]12)c1nsc(N)n1. The summed E-state index contributed by atoms with van der Waals surface area (Å²) in [4.78, 5) is 52.4. The van der Waals surface area contributed by atoms with Crippen LogP contribution >= 0.6 is 35.1 Å². The first-order chi connectivity index (χ1) is 17.4. The lowest BCUT2D eigenvalue weighted by Crippen LogP contribution is -2.71. The highest BCUT2D eigenvalue weighted by Gasteiger charge is 2.54. The van der Waals surface area contributed by atoms with Crippen molar-refractivity contribution in [3.05, 3.63) is 51.9 Å². The van der Waals surface area contributed by atoms with Crippen molar-refractivity contribution in [3.63, 3.8) is 0 Å². The molecule has 0 aromatic carbocycles. The van der Waals surface area contributed by atoms with E-state index in [0.717, 1.165) is 17.1 Å². The lowest BCUT2D eigenvalue weighted by atomic mass is 10.0. The van der Waals surface area contributed by atoms with Gasteiger partial charge in [0.25, 0.3) is 11.8 Å². The summed E-state index contributed by atoms with van der Waals surface area (Å²) in [6.07, 6.45) is 10.3. The van der Waals surface area contributed by atoms with Gasteiger partial charge in [-0.15, -0.1) is 18.2 Å². The molecular formula is C21H17N7O5S3. The van der Waals surface area contributed by atoms with Crippen LogP contribution in [0.1, 0.15) is 11.4 Å². The van der Waals surface area contributed by atoms with E-state index >= 15 is 0 Å². The number of nitrogen functional groups attached to an aromatic ring is 1. The quantitative estimate of drug-likeness (QED) is 0.135. The number of terminal acetylenes is 1. The van der Waals surface area contributed by atoms with Crippen LogP contribution < -0.4 is 11.1 Å². The normalized spacial score (nSPS) is 19.5. The van der Waals surface area contributed by atoms with Gasteiger partial charge in [0, 0.05) is 34.6 Å². The second kappa shape index (κ2) is 11.2. The molecular weight excluding hydrogens is 526 g/mol. The number of rotatable bonds is 9. The van der Waals surface area contributed by atoms with Gasteiger partial charge >= 0.3 is 5.97 Å². The Morgan fingerprint density at radius 1 is 1.50 bits per heavy atom. The maximum absolute atomic E-state index is 12.9. The van der Waals surface area contributed by atoms with Gasteiger partial charge in [-0.25, -0.2) is 4.79 Å². The molecule has 0 radical (unpaired) electrons. The summed E-state index contributed by atoms with van der Waals surface area (Å²) in [5.41, 5.74) is 6.02. The van der Waals surface area contributed by atoms with Gasteiger partial charge in [-0.05, 0) is 23.1 Å². The van der Waals surface area contributed by atoms with Crippen molar-refractivity contribution < 1.29 is 24.3 Å².